The molecule has 2 aromatic rings. The summed E-state index contributed by atoms with van der Waals surface area (Å²) in [4.78, 5) is 22.7. The highest BCUT2D eigenvalue weighted by atomic mass is 35.5. The largest absolute Gasteiger partial charge is 0.386 e. The van der Waals surface area contributed by atoms with Crippen LogP contribution in [0.5, 0.6) is 0 Å². The molecule has 2 aliphatic rings. The number of amidine groups is 1. The van der Waals surface area contributed by atoms with Crippen LogP contribution in [-0.4, -0.2) is 79.3 Å². The van der Waals surface area contributed by atoms with E-state index in [-0.39, 0.29) is 5.88 Å². The van der Waals surface area contributed by atoms with Crippen LogP contribution < -0.4 is 15.5 Å². The monoisotopic (exact) mass is 417 g/mol. The minimum atomic E-state index is 0.195. The topological polar surface area (TPSA) is 102 Å². The molecule has 1 aromatic heterocycles. The van der Waals surface area contributed by atoms with Crippen molar-refractivity contribution < 1.29 is 9.47 Å². The maximum Gasteiger partial charge on any atom is 0.230 e. The van der Waals surface area contributed by atoms with E-state index in [0.717, 1.165) is 37.4 Å². The average molecular weight is 418 g/mol. The Morgan fingerprint density at radius 3 is 1.90 bits per heavy atom. The first-order chi connectivity index (χ1) is 14.2. The Morgan fingerprint density at radius 1 is 0.897 bits per heavy atom. The van der Waals surface area contributed by atoms with Crippen LogP contribution in [0.1, 0.15) is 0 Å². The molecule has 0 unspecified atom stereocenters. The predicted octanol–water partition coefficient (Wildman–Crippen LogP) is 1.44. The van der Waals surface area contributed by atoms with Crippen molar-refractivity contribution in [3.63, 3.8) is 0 Å². The molecule has 0 amide bonds. The van der Waals surface area contributed by atoms with Crippen molar-refractivity contribution in [3.8, 4) is 11.4 Å². The van der Waals surface area contributed by atoms with E-state index in [4.69, 9.17) is 41.8 Å². The third-order valence-electron chi connectivity index (χ3n) is 4.73. The van der Waals surface area contributed by atoms with Crippen molar-refractivity contribution in [2.24, 2.45) is 10.7 Å². The number of benzene rings is 1. The van der Waals surface area contributed by atoms with Gasteiger partial charge in [0.15, 0.2) is 5.82 Å². The molecule has 2 N–H and O–H groups in total. The van der Waals surface area contributed by atoms with Gasteiger partial charge in [-0.1, -0.05) is 0 Å². The lowest BCUT2D eigenvalue weighted by molar-refractivity contribution is 0.121. The number of aliphatic imine (C=N–C) groups is 1. The summed E-state index contributed by atoms with van der Waals surface area (Å²) >= 11 is 5.70. The van der Waals surface area contributed by atoms with Gasteiger partial charge in [-0.25, -0.2) is 4.99 Å². The second kappa shape index (κ2) is 9.34. The van der Waals surface area contributed by atoms with E-state index >= 15 is 0 Å². The lowest BCUT2D eigenvalue weighted by atomic mass is 10.2. The molecule has 0 atom stereocenters. The molecule has 29 heavy (non-hydrogen) atoms. The number of nitrogens with two attached hydrogens (primary N) is 1. The van der Waals surface area contributed by atoms with Gasteiger partial charge in [0, 0.05) is 31.7 Å². The van der Waals surface area contributed by atoms with Gasteiger partial charge in [0.2, 0.25) is 11.9 Å². The van der Waals surface area contributed by atoms with Gasteiger partial charge in [-0.3, -0.25) is 0 Å². The standard InChI is InChI=1S/C19H24ClN7O2/c20-13-16(21)22-15-3-1-14(2-4-15)17-23-18(26-5-9-28-10-6-26)25-19(24-17)27-7-11-29-12-8-27/h1-4H,5-13H2,(H2,21,22). The molecular weight excluding hydrogens is 394 g/mol. The first-order valence-corrected chi connectivity index (χ1v) is 10.2. The molecule has 3 heterocycles. The minimum absolute atomic E-state index is 0.195. The van der Waals surface area contributed by atoms with E-state index in [2.05, 4.69) is 14.8 Å². The summed E-state index contributed by atoms with van der Waals surface area (Å²) in [6.07, 6.45) is 0. The number of halogens is 1. The second-order valence-electron chi connectivity index (χ2n) is 6.74. The Bertz CT molecular complexity index is 814. The summed E-state index contributed by atoms with van der Waals surface area (Å²) in [7, 11) is 0. The Hall–Kier alpha value is -2.49. The molecule has 154 valence electrons. The van der Waals surface area contributed by atoms with Gasteiger partial charge in [-0.15, -0.1) is 11.6 Å². The van der Waals surface area contributed by atoms with Crippen LogP contribution >= 0.6 is 11.6 Å². The fourth-order valence-electron chi connectivity index (χ4n) is 3.17. The van der Waals surface area contributed by atoms with E-state index in [0.29, 0.717) is 50.0 Å². The van der Waals surface area contributed by atoms with E-state index < -0.39 is 0 Å². The van der Waals surface area contributed by atoms with Crippen molar-refractivity contribution >= 4 is 35.0 Å². The highest BCUT2D eigenvalue weighted by molar-refractivity contribution is 6.28. The Morgan fingerprint density at radius 2 is 1.41 bits per heavy atom. The molecular formula is C19H24ClN7O2. The van der Waals surface area contributed by atoms with Crippen LogP contribution in [0.2, 0.25) is 0 Å². The Labute approximate surface area is 174 Å². The van der Waals surface area contributed by atoms with Crippen molar-refractivity contribution in [3.05, 3.63) is 24.3 Å². The molecule has 4 rings (SSSR count). The van der Waals surface area contributed by atoms with E-state index in [1.54, 1.807) is 0 Å². The van der Waals surface area contributed by atoms with E-state index in [1.165, 1.54) is 0 Å². The maximum atomic E-state index is 5.71. The van der Waals surface area contributed by atoms with Gasteiger partial charge < -0.3 is 25.0 Å². The number of nitrogens with zero attached hydrogens (tertiary/aromatic N) is 6. The number of ether oxygens (including phenoxy) is 2. The molecule has 2 aliphatic heterocycles. The normalized spacial score (nSPS) is 18.2. The zero-order valence-electron chi connectivity index (χ0n) is 16.1. The van der Waals surface area contributed by atoms with Crippen LogP contribution in [0.3, 0.4) is 0 Å². The summed E-state index contributed by atoms with van der Waals surface area (Å²) in [6, 6.07) is 7.62. The van der Waals surface area contributed by atoms with Crippen LogP contribution in [0.15, 0.2) is 29.3 Å². The Kier molecular flexibility index (Phi) is 6.38. The smallest absolute Gasteiger partial charge is 0.230 e. The van der Waals surface area contributed by atoms with Gasteiger partial charge in [-0.2, -0.15) is 15.0 Å². The van der Waals surface area contributed by atoms with Crippen molar-refractivity contribution in [2.45, 2.75) is 0 Å². The third kappa shape index (κ3) is 4.92. The fraction of sp³-hybridized carbons (Fsp3) is 0.474. The van der Waals surface area contributed by atoms with Crippen molar-refractivity contribution in [1.82, 2.24) is 15.0 Å². The second-order valence-corrected chi connectivity index (χ2v) is 7.01. The summed E-state index contributed by atoms with van der Waals surface area (Å²) in [5.41, 5.74) is 7.34. The van der Waals surface area contributed by atoms with Gasteiger partial charge in [0.05, 0.1) is 38.0 Å². The maximum absolute atomic E-state index is 5.71. The van der Waals surface area contributed by atoms with Crippen LogP contribution in [-0.2, 0) is 9.47 Å². The van der Waals surface area contributed by atoms with Crippen molar-refractivity contribution in [2.75, 3.05) is 68.3 Å². The number of morpholine rings is 2. The van der Waals surface area contributed by atoms with Crippen LogP contribution in [0, 0.1) is 0 Å². The van der Waals surface area contributed by atoms with Gasteiger partial charge in [-0.05, 0) is 24.3 Å². The third-order valence-corrected chi connectivity index (χ3v) is 5.01. The lowest BCUT2D eigenvalue weighted by Gasteiger charge is -2.30. The molecule has 10 heteroatoms. The number of rotatable bonds is 5. The predicted molar refractivity (Wildman–Crippen MR) is 113 cm³/mol. The quantitative estimate of drug-likeness (QED) is 0.443. The highest BCUT2D eigenvalue weighted by Gasteiger charge is 2.21. The van der Waals surface area contributed by atoms with E-state index in [9.17, 15) is 0 Å². The zero-order chi connectivity index (χ0) is 20.1. The Balaban J connectivity index is 1.67. The first kappa shape index (κ1) is 19.8. The summed E-state index contributed by atoms with van der Waals surface area (Å²) in [5, 5.41) is 0. The summed E-state index contributed by atoms with van der Waals surface area (Å²) in [6.45, 7) is 5.72. The molecule has 0 aliphatic carbocycles. The number of hydrogen-bond acceptors (Lipinski definition) is 8. The van der Waals surface area contributed by atoms with Gasteiger partial charge in [0.1, 0.15) is 5.84 Å². The average Bonchev–Trinajstić information content (AvgIpc) is 2.80. The fourth-order valence-corrected chi connectivity index (χ4v) is 3.23. The number of aromatic nitrogens is 3. The molecule has 0 radical (unpaired) electrons. The van der Waals surface area contributed by atoms with Gasteiger partial charge in [0.25, 0.3) is 0 Å². The molecule has 9 nitrogen and oxygen atoms in total. The molecule has 0 spiro atoms. The van der Waals surface area contributed by atoms with Gasteiger partial charge >= 0.3 is 0 Å². The SMILES string of the molecule is NC(CCl)=Nc1ccc(-c2nc(N3CCOCC3)nc(N3CCOCC3)n2)cc1. The summed E-state index contributed by atoms with van der Waals surface area (Å²) in [5.74, 6) is 2.55. The molecule has 2 saturated heterocycles. The molecule has 0 bridgehead atoms. The summed E-state index contributed by atoms with van der Waals surface area (Å²) < 4.78 is 10.9. The van der Waals surface area contributed by atoms with E-state index in [1.807, 2.05) is 24.3 Å². The zero-order valence-corrected chi connectivity index (χ0v) is 16.9. The van der Waals surface area contributed by atoms with Crippen molar-refractivity contribution in [1.29, 1.82) is 0 Å². The number of anilines is 2. The lowest BCUT2D eigenvalue weighted by Crippen LogP contribution is -2.40. The molecule has 0 saturated carbocycles. The van der Waals surface area contributed by atoms with Crippen LogP contribution in [0.25, 0.3) is 11.4 Å². The minimum Gasteiger partial charge on any atom is -0.386 e. The number of alkyl halides is 1. The van der Waals surface area contributed by atoms with Crippen LogP contribution in [0.4, 0.5) is 17.6 Å². The molecule has 1 aromatic carbocycles. The highest BCUT2D eigenvalue weighted by Crippen LogP contribution is 2.24. The number of hydrogen-bond donors (Lipinski definition) is 1. The first-order valence-electron chi connectivity index (χ1n) is 9.64. The molecule has 2 fully saturated rings.